The molecule has 0 N–H and O–H groups in total. The monoisotopic (exact) mass is 485 g/mol. The fourth-order valence-electron chi connectivity index (χ4n) is 1.90. The van der Waals surface area contributed by atoms with E-state index in [0.29, 0.717) is 6.42 Å². The topological polar surface area (TPSA) is 78.9 Å². The van der Waals surface area contributed by atoms with Crippen LogP contribution >= 0.6 is 0 Å². The Bertz CT molecular complexity index is 524. The molecule has 6 nitrogen and oxygen atoms in total. The van der Waals surface area contributed by atoms with E-state index in [1.54, 1.807) is 0 Å². The summed E-state index contributed by atoms with van der Waals surface area (Å²) in [4.78, 5) is 36.3. The van der Waals surface area contributed by atoms with Crippen molar-refractivity contribution in [2.45, 2.75) is 69.7 Å². The van der Waals surface area contributed by atoms with Gasteiger partial charge < -0.3 is 0 Å². The average Bonchev–Trinajstić information content (AvgIpc) is 2.57. The fraction of sp³-hybridized carbons (Fsp3) is 0.550. The quantitative estimate of drug-likeness (QED) is 0.130. The second-order valence-electron chi connectivity index (χ2n) is 6.46. The standard InChI is InChI=1S/C20H29O6.Sn/c1-8-9-10-11-12-13-20(24-17(21)14(2)3,25-18(22)15(4)5)26-19(23)16(6)7;/h1-2,4,6,8-13H2,3,5,7H3;. The molecule has 0 saturated heterocycles. The molecule has 0 amide bonds. The number of carbonyl (C=O) groups is 3. The van der Waals surface area contributed by atoms with Gasteiger partial charge in [0.2, 0.25) is 0 Å². The van der Waals surface area contributed by atoms with E-state index in [9.17, 15) is 14.4 Å². The van der Waals surface area contributed by atoms with E-state index in [2.05, 4.69) is 19.7 Å². The van der Waals surface area contributed by atoms with Gasteiger partial charge >= 0.3 is 175 Å². The van der Waals surface area contributed by atoms with Crippen LogP contribution < -0.4 is 0 Å². The van der Waals surface area contributed by atoms with Crippen LogP contribution in [0.25, 0.3) is 0 Å². The summed E-state index contributed by atoms with van der Waals surface area (Å²) in [7, 11) is 0. The van der Waals surface area contributed by atoms with E-state index in [0.717, 1.165) is 19.3 Å². The molecule has 0 bridgehead atoms. The van der Waals surface area contributed by atoms with E-state index in [4.69, 9.17) is 14.2 Å². The van der Waals surface area contributed by atoms with Crippen LogP contribution in [0.5, 0.6) is 0 Å². The van der Waals surface area contributed by atoms with Crippen molar-refractivity contribution < 1.29 is 28.6 Å². The molecule has 0 saturated carbocycles. The molecule has 0 aliphatic rings. The Morgan fingerprint density at radius 2 is 1.04 bits per heavy atom. The summed E-state index contributed by atoms with van der Waals surface area (Å²) in [5.41, 5.74) is 0.258. The number of rotatable bonds is 13. The summed E-state index contributed by atoms with van der Waals surface area (Å²) >= 11 is 1.52. The van der Waals surface area contributed by atoms with Gasteiger partial charge in [0.05, 0.1) is 0 Å². The van der Waals surface area contributed by atoms with Gasteiger partial charge in [-0.05, 0) is 0 Å². The fourth-order valence-corrected chi connectivity index (χ4v) is 2.61. The SMILES string of the molecule is C=C(C)C(=O)OC(CCCCCC[CH2][Sn])(OC(=O)C(=C)C)OC(=O)C(=C)C. The van der Waals surface area contributed by atoms with Crippen LogP contribution in [0.2, 0.25) is 4.44 Å². The first-order chi connectivity index (χ1) is 12.5. The molecule has 0 fully saturated rings. The summed E-state index contributed by atoms with van der Waals surface area (Å²) in [5, 5.41) is 0. The van der Waals surface area contributed by atoms with E-state index < -0.39 is 23.9 Å². The first-order valence-electron chi connectivity index (χ1n) is 8.85. The molecule has 0 aromatic rings. The molecule has 0 aromatic carbocycles. The third-order valence-corrected chi connectivity index (χ3v) is 4.46. The molecule has 0 aromatic heterocycles. The minimum absolute atomic E-state index is 0.0157. The third-order valence-electron chi connectivity index (χ3n) is 3.45. The molecule has 0 atom stereocenters. The molecule has 3 radical (unpaired) electrons. The summed E-state index contributed by atoms with van der Waals surface area (Å²) < 4.78 is 17.0. The second kappa shape index (κ2) is 12.8. The first kappa shape index (κ1) is 25.4. The molecule has 0 aliphatic heterocycles. The minimum atomic E-state index is -2.17. The third kappa shape index (κ3) is 10.4. The van der Waals surface area contributed by atoms with Crippen molar-refractivity contribution in [3.05, 3.63) is 36.5 Å². The van der Waals surface area contributed by atoms with Crippen molar-refractivity contribution in [1.82, 2.24) is 0 Å². The Morgan fingerprint density at radius 3 is 1.37 bits per heavy atom. The number of hydrogen-bond acceptors (Lipinski definition) is 6. The maximum atomic E-state index is 12.1. The predicted molar refractivity (Wildman–Crippen MR) is 104 cm³/mol. The van der Waals surface area contributed by atoms with Gasteiger partial charge in [0, 0.05) is 0 Å². The second-order valence-corrected chi connectivity index (χ2v) is 7.89. The van der Waals surface area contributed by atoms with Crippen LogP contribution in [0.3, 0.4) is 0 Å². The van der Waals surface area contributed by atoms with E-state index in [1.807, 2.05) is 0 Å². The summed E-state index contributed by atoms with van der Waals surface area (Å²) in [6, 6.07) is 0. The van der Waals surface area contributed by atoms with Crippen LogP contribution in [0.4, 0.5) is 0 Å². The molecular weight excluding hydrogens is 455 g/mol. The molecule has 7 heteroatoms. The van der Waals surface area contributed by atoms with Gasteiger partial charge in [-0.1, -0.05) is 0 Å². The Labute approximate surface area is 175 Å². The van der Waals surface area contributed by atoms with Crippen molar-refractivity contribution in [2.75, 3.05) is 0 Å². The Hall–Kier alpha value is -1.57. The van der Waals surface area contributed by atoms with Crippen LogP contribution in [0, 0.1) is 0 Å². The molecule has 0 spiro atoms. The first-order valence-corrected chi connectivity index (χ1v) is 10.9. The van der Waals surface area contributed by atoms with Crippen molar-refractivity contribution in [1.29, 1.82) is 0 Å². The Kier molecular flexibility index (Phi) is 12.0. The Balaban J connectivity index is 5.47. The van der Waals surface area contributed by atoms with Gasteiger partial charge in [-0.3, -0.25) is 0 Å². The van der Waals surface area contributed by atoms with Gasteiger partial charge in [0.1, 0.15) is 0 Å². The maximum absolute atomic E-state index is 12.1. The zero-order chi connectivity index (χ0) is 21.0. The summed E-state index contributed by atoms with van der Waals surface area (Å²) in [5.74, 6) is -4.65. The van der Waals surface area contributed by atoms with Crippen LogP contribution in [-0.2, 0) is 28.6 Å². The van der Waals surface area contributed by atoms with Crippen LogP contribution in [0.1, 0.15) is 59.3 Å². The van der Waals surface area contributed by atoms with Crippen molar-refractivity contribution in [3.8, 4) is 0 Å². The van der Waals surface area contributed by atoms with E-state index in [1.165, 1.54) is 54.2 Å². The zero-order valence-corrected chi connectivity index (χ0v) is 19.4. The van der Waals surface area contributed by atoms with Gasteiger partial charge in [-0.25, -0.2) is 0 Å². The zero-order valence-electron chi connectivity index (χ0n) is 16.5. The molecule has 0 heterocycles. The van der Waals surface area contributed by atoms with Crippen molar-refractivity contribution in [2.24, 2.45) is 0 Å². The molecule has 0 rings (SSSR count). The molecule has 27 heavy (non-hydrogen) atoms. The van der Waals surface area contributed by atoms with Gasteiger partial charge in [-0.2, -0.15) is 0 Å². The Morgan fingerprint density at radius 1 is 0.704 bits per heavy atom. The number of hydrogen-bond donors (Lipinski definition) is 0. The molecule has 149 valence electrons. The van der Waals surface area contributed by atoms with E-state index in [-0.39, 0.29) is 23.1 Å². The molecule has 0 aliphatic carbocycles. The van der Waals surface area contributed by atoms with E-state index >= 15 is 0 Å². The number of carbonyl (C=O) groups excluding carboxylic acids is 3. The van der Waals surface area contributed by atoms with Crippen molar-refractivity contribution in [3.63, 3.8) is 0 Å². The summed E-state index contributed by atoms with van der Waals surface area (Å²) in [6.07, 6.45) is 4.62. The van der Waals surface area contributed by atoms with Gasteiger partial charge in [-0.15, -0.1) is 0 Å². The van der Waals surface area contributed by atoms with Gasteiger partial charge in [0.25, 0.3) is 0 Å². The molecule has 0 unspecified atom stereocenters. The summed E-state index contributed by atoms with van der Waals surface area (Å²) in [6.45, 7) is 14.9. The normalized spacial score (nSPS) is 10.7. The molecular formula is C20H29O6Sn. The van der Waals surface area contributed by atoms with Gasteiger partial charge in [0.15, 0.2) is 0 Å². The predicted octanol–water partition coefficient (Wildman–Crippen LogP) is 3.93. The van der Waals surface area contributed by atoms with Crippen molar-refractivity contribution >= 4 is 40.4 Å². The average molecular weight is 484 g/mol. The number of ether oxygens (including phenoxy) is 3. The number of esters is 3. The van der Waals surface area contributed by atoms with Crippen LogP contribution in [0.15, 0.2) is 36.5 Å². The number of unbranched alkanes of at least 4 members (excludes halogenated alkanes) is 4. The van der Waals surface area contributed by atoms with Crippen LogP contribution in [-0.4, -0.2) is 46.4 Å².